The quantitative estimate of drug-likeness (QED) is 0.835. The fourth-order valence-electron chi connectivity index (χ4n) is 3.76. The van der Waals surface area contributed by atoms with E-state index in [-0.39, 0.29) is 12.0 Å². The Kier molecular flexibility index (Phi) is 3.64. The molecular formula is C16H18ClNO2S. The van der Waals surface area contributed by atoms with E-state index in [1.807, 2.05) is 30.0 Å². The Bertz CT molecular complexity index is 563. The molecule has 1 amide bonds. The number of carbonyl (C=O) groups excluding carboxylic acids is 1. The van der Waals surface area contributed by atoms with Crippen LogP contribution in [-0.4, -0.2) is 34.4 Å². The zero-order valence-corrected chi connectivity index (χ0v) is 13.3. The first-order chi connectivity index (χ1) is 10.2. The topological polar surface area (TPSA) is 29.5 Å². The first kappa shape index (κ1) is 13.9. The number of benzene rings is 1. The van der Waals surface area contributed by atoms with Gasteiger partial charge in [0.15, 0.2) is 0 Å². The molecule has 3 atom stereocenters. The van der Waals surface area contributed by atoms with Crippen LogP contribution >= 0.6 is 23.4 Å². The van der Waals surface area contributed by atoms with Crippen molar-refractivity contribution in [2.75, 3.05) is 11.5 Å². The Morgan fingerprint density at radius 1 is 1.33 bits per heavy atom. The molecule has 2 fully saturated rings. The Morgan fingerprint density at radius 3 is 2.86 bits per heavy atom. The zero-order chi connectivity index (χ0) is 14.4. The van der Waals surface area contributed by atoms with E-state index in [1.54, 1.807) is 0 Å². The minimum Gasteiger partial charge on any atom is -0.368 e. The summed E-state index contributed by atoms with van der Waals surface area (Å²) in [6.07, 6.45) is 2.70. The molecule has 3 heterocycles. The molecule has 3 aliphatic rings. The van der Waals surface area contributed by atoms with Crippen molar-refractivity contribution in [1.82, 2.24) is 4.90 Å². The molecule has 0 spiro atoms. The average molecular weight is 324 g/mol. The molecule has 0 aromatic heterocycles. The standard InChI is InChI=1S/C16H18ClNO2S/c17-11-1-4-14-10(5-11)7-20-15(14)6-16(19)18-12-2-3-13(18)9-21-8-12/h1,4-5,12-13,15H,2-3,6-9H2. The van der Waals surface area contributed by atoms with Crippen molar-refractivity contribution in [2.24, 2.45) is 0 Å². The highest BCUT2D eigenvalue weighted by molar-refractivity contribution is 7.99. The number of hydrogen-bond donors (Lipinski definition) is 0. The summed E-state index contributed by atoms with van der Waals surface area (Å²) in [5, 5.41) is 0.732. The van der Waals surface area contributed by atoms with Gasteiger partial charge in [-0.2, -0.15) is 11.8 Å². The van der Waals surface area contributed by atoms with Crippen molar-refractivity contribution in [3.8, 4) is 0 Å². The Morgan fingerprint density at radius 2 is 2.10 bits per heavy atom. The van der Waals surface area contributed by atoms with E-state index in [2.05, 4.69) is 4.90 Å². The molecule has 21 heavy (non-hydrogen) atoms. The van der Waals surface area contributed by atoms with Gasteiger partial charge in [0.05, 0.1) is 19.1 Å². The fourth-order valence-corrected chi connectivity index (χ4v) is 5.29. The summed E-state index contributed by atoms with van der Waals surface area (Å²) in [5.74, 6) is 2.45. The number of thioether (sulfide) groups is 1. The number of amides is 1. The lowest BCUT2D eigenvalue weighted by Crippen LogP contribution is -2.46. The molecule has 2 bridgehead atoms. The van der Waals surface area contributed by atoms with E-state index < -0.39 is 0 Å². The lowest BCUT2D eigenvalue weighted by atomic mass is 10.0. The van der Waals surface area contributed by atoms with E-state index in [1.165, 1.54) is 12.8 Å². The summed E-state index contributed by atoms with van der Waals surface area (Å²) < 4.78 is 5.82. The van der Waals surface area contributed by atoms with E-state index in [4.69, 9.17) is 16.3 Å². The first-order valence-electron chi connectivity index (χ1n) is 7.51. The lowest BCUT2D eigenvalue weighted by Gasteiger charge is -2.35. The zero-order valence-electron chi connectivity index (χ0n) is 11.8. The number of fused-ring (bicyclic) bond motifs is 3. The van der Waals surface area contributed by atoms with Gasteiger partial charge in [-0.15, -0.1) is 0 Å². The second-order valence-corrected chi connectivity index (χ2v) is 7.58. The van der Waals surface area contributed by atoms with Crippen molar-refractivity contribution in [2.45, 2.75) is 44.1 Å². The number of nitrogens with zero attached hydrogens (tertiary/aromatic N) is 1. The molecule has 4 rings (SSSR count). The van der Waals surface area contributed by atoms with Crippen molar-refractivity contribution in [3.05, 3.63) is 34.3 Å². The summed E-state index contributed by atoms with van der Waals surface area (Å²) in [6, 6.07) is 6.74. The molecule has 3 aliphatic heterocycles. The van der Waals surface area contributed by atoms with E-state index in [0.717, 1.165) is 27.7 Å². The monoisotopic (exact) mass is 323 g/mol. The number of carbonyl (C=O) groups is 1. The van der Waals surface area contributed by atoms with Gasteiger partial charge >= 0.3 is 0 Å². The van der Waals surface area contributed by atoms with Crippen molar-refractivity contribution < 1.29 is 9.53 Å². The summed E-state index contributed by atoms with van der Waals surface area (Å²) in [5.41, 5.74) is 2.25. The van der Waals surface area contributed by atoms with Crippen molar-refractivity contribution in [1.29, 1.82) is 0 Å². The fraction of sp³-hybridized carbons (Fsp3) is 0.562. The second kappa shape index (κ2) is 5.49. The van der Waals surface area contributed by atoms with Gasteiger partial charge in [0, 0.05) is 28.6 Å². The van der Waals surface area contributed by atoms with Crippen molar-refractivity contribution >= 4 is 29.3 Å². The maximum atomic E-state index is 12.7. The van der Waals surface area contributed by atoms with Crippen LogP contribution in [0.4, 0.5) is 0 Å². The van der Waals surface area contributed by atoms with Gasteiger partial charge in [-0.1, -0.05) is 17.7 Å². The van der Waals surface area contributed by atoms with Crippen LogP contribution in [-0.2, 0) is 16.1 Å². The van der Waals surface area contributed by atoms with Gasteiger partial charge in [0.25, 0.3) is 0 Å². The predicted octanol–water partition coefficient (Wildman–Crippen LogP) is 3.41. The first-order valence-corrected chi connectivity index (χ1v) is 9.04. The van der Waals surface area contributed by atoms with Crippen LogP contribution in [0.5, 0.6) is 0 Å². The molecule has 5 heteroatoms. The largest absolute Gasteiger partial charge is 0.368 e. The van der Waals surface area contributed by atoms with Crippen LogP contribution < -0.4 is 0 Å². The minimum atomic E-state index is -0.0984. The third-order valence-electron chi connectivity index (χ3n) is 4.78. The molecule has 2 saturated heterocycles. The molecule has 0 saturated carbocycles. The molecule has 0 radical (unpaired) electrons. The van der Waals surface area contributed by atoms with Crippen LogP contribution in [0.25, 0.3) is 0 Å². The van der Waals surface area contributed by atoms with Gasteiger partial charge in [-0.25, -0.2) is 0 Å². The third kappa shape index (κ3) is 2.47. The van der Waals surface area contributed by atoms with Crippen LogP contribution in [0, 0.1) is 0 Å². The van der Waals surface area contributed by atoms with Crippen LogP contribution in [0.15, 0.2) is 18.2 Å². The normalized spacial score (nSPS) is 30.5. The molecular weight excluding hydrogens is 306 g/mol. The van der Waals surface area contributed by atoms with E-state index >= 15 is 0 Å². The van der Waals surface area contributed by atoms with Gasteiger partial charge in [-0.3, -0.25) is 4.79 Å². The van der Waals surface area contributed by atoms with E-state index in [9.17, 15) is 4.79 Å². The molecule has 0 N–H and O–H groups in total. The van der Waals surface area contributed by atoms with Crippen LogP contribution in [0.3, 0.4) is 0 Å². The molecule has 112 valence electrons. The maximum absolute atomic E-state index is 12.7. The Hall–Kier alpha value is -0.710. The summed E-state index contributed by atoms with van der Waals surface area (Å²) in [4.78, 5) is 14.8. The Balaban J connectivity index is 1.49. The van der Waals surface area contributed by atoms with Crippen molar-refractivity contribution in [3.63, 3.8) is 0 Å². The summed E-state index contributed by atoms with van der Waals surface area (Å²) >= 11 is 8.00. The van der Waals surface area contributed by atoms with Gasteiger partial charge in [0.1, 0.15) is 0 Å². The molecule has 1 aromatic carbocycles. The van der Waals surface area contributed by atoms with Gasteiger partial charge < -0.3 is 9.64 Å². The van der Waals surface area contributed by atoms with Gasteiger partial charge in [0.2, 0.25) is 5.91 Å². The highest BCUT2D eigenvalue weighted by Gasteiger charge is 2.41. The van der Waals surface area contributed by atoms with Crippen LogP contribution in [0.1, 0.15) is 36.5 Å². The highest BCUT2D eigenvalue weighted by Crippen LogP contribution is 2.38. The number of ether oxygens (including phenoxy) is 1. The molecule has 1 aromatic rings. The molecule has 0 aliphatic carbocycles. The highest BCUT2D eigenvalue weighted by atomic mass is 35.5. The smallest absolute Gasteiger partial charge is 0.226 e. The predicted molar refractivity (Wildman–Crippen MR) is 84.6 cm³/mol. The summed E-state index contributed by atoms with van der Waals surface area (Å²) in [6.45, 7) is 0.566. The van der Waals surface area contributed by atoms with Crippen LogP contribution in [0.2, 0.25) is 5.02 Å². The molecule has 3 unspecified atom stereocenters. The number of hydrogen-bond acceptors (Lipinski definition) is 3. The maximum Gasteiger partial charge on any atom is 0.226 e. The number of halogens is 1. The number of rotatable bonds is 2. The van der Waals surface area contributed by atoms with Gasteiger partial charge in [-0.05, 0) is 36.1 Å². The molecule has 3 nitrogen and oxygen atoms in total. The van der Waals surface area contributed by atoms with E-state index in [0.29, 0.717) is 25.1 Å². The second-order valence-electron chi connectivity index (χ2n) is 6.07. The third-order valence-corrected chi connectivity index (χ3v) is 6.26. The average Bonchev–Trinajstić information content (AvgIpc) is 2.97. The Labute approximate surface area is 134 Å². The SMILES string of the molecule is O=C(CC1OCc2cc(Cl)ccc21)N1C2CCC1CSC2. The lowest BCUT2D eigenvalue weighted by molar-refractivity contribution is -0.136. The minimum absolute atomic E-state index is 0.0984. The summed E-state index contributed by atoms with van der Waals surface area (Å²) in [7, 11) is 0.